The van der Waals surface area contributed by atoms with Crippen molar-refractivity contribution in [1.29, 1.82) is 0 Å². The van der Waals surface area contributed by atoms with E-state index >= 15 is 0 Å². The van der Waals surface area contributed by atoms with Crippen LogP contribution in [0.1, 0.15) is 22.3 Å². The molecule has 10 aromatic carbocycles. The van der Waals surface area contributed by atoms with Gasteiger partial charge < -0.3 is 4.90 Å². The molecule has 58 heavy (non-hydrogen) atoms. The molecule has 0 saturated heterocycles. The fraction of sp³-hybridized carbons (Fsp3) is 0.0175. The van der Waals surface area contributed by atoms with Gasteiger partial charge in [-0.05, 0) is 108 Å². The van der Waals surface area contributed by atoms with Gasteiger partial charge >= 0.3 is 0 Å². The van der Waals surface area contributed by atoms with Gasteiger partial charge in [0.1, 0.15) is 0 Å². The third-order valence-electron chi connectivity index (χ3n) is 12.1. The van der Waals surface area contributed by atoms with Gasteiger partial charge in [0.15, 0.2) is 0 Å². The van der Waals surface area contributed by atoms with E-state index in [1.54, 1.807) is 0 Å². The van der Waals surface area contributed by atoms with E-state index in [0.717, 1.165) is 17.1 Å². The second kappa shape index (κ2) is 13.9. The van der Waals surface area contributed by atoms with Crippen molar-refractivity contribution in [2.24, 2.45) is 0 Å². The minimum absolute atomic E-state index is 0.575. The highest BCUT2D eigenvalue weighted by atomic mass is 15.1. The van der Waals surface area contributed by atoms with Crippen LogP contribution >= 0.6 is 0 Å². The van der Waals surface area contributed by atoms with E-state index in [2.05, 4.69) is 241 Å². The number of nitrogens with zero attached hydrogens (tertiary/aromatic N) is 1. The maximum absolute atomic E-state index is 2.50. The molecule has 1 aliphatic carbocycles. The maximum atomic E-state index is 2.50. The third kappa shape index (κ3) is 5.25. The van der Waals surface area contributed by atoms with Gasteiger partial charge in [-0.15, -0.1) is 0 Å². The molecule has 272 valence electrons. The summed E-state index contributed by atoms with van der Waals surface area (Å²) < 4.78 is 0. The zero-order chi connectivity index (χ0) is 38.5. The molecule has 10 aromatic rings. The Bertz CT molecular complexity index is 3040. The number of anilines is 3. The first-order valence-corrected chi connectivity index (χ1v) is 20.1. The maximum Gasteiger partial charge on any atom is 0.0720 e. The summed E-state index contributed by atoms with van der Waals surface area (Å²) in [4.78, 5) is 2.40. The first kappa shape index (κ1) is 33.8. The van der Waals surface area contributed by atoms with E-state index < -0.39 is 5.41 Å². The van der Waals surface area contributed by atoms with Crippen molar-refractivity contribution >= 4 is 38.6 Å². The summed E-state index contributed by atoms with van der Waals surface area (Å²) in [5.74, 6) is 0. The van der Waals surface area contributed by atoms with Crippen molar-refractivity contribution in [2.75, 3.05) is 4.90 Å². The molecule has 0 aromatic heterocycles. The molecule has 0 heterocycles. The topological polar surface area (TPSA) is 3.24 Å². The Morgan fingerprint density at radius 1 is 0.310 bits per heavy atom. The third-order valence-corrected chi connectivity index (χ3v) is 12.1. The van der Waals surface area contributed by atoms with Crippen LogP contribution in [0.3, 0.4) is 0 Å². The van der Waals surface area contributed by atoms with E-state index in [1.807, 2.05) is 0 Å². The predicted octanol–water partition coefficient (Wildman–Crippen LogP) is 15.2. The minimum Gasteiger partial charge on any atom is -0.310 e. The Morgan fingerprint density at radius 3 is 1.43 bits per heavy atom. The van der Waals surface area contributed by atoms with Crippen molar-refractivity contribution in [3.8, 4) is 33.4 Å². The lowest BCUT2D eigenvalue weighted by molar-refractivity contribution is 0.776. The molecule has 0 amide bonds. The number of para-hydroxylation sites is 2. The number of benzene rings is 10. The van der Waals surface area contributed by atoms with Crippen LogP contribution in [-0.2, 0) is 5.41 Å². The smallest absolute Gasteiger partial charge is 0.0720 e. The van der Waals surface area contributed by atoms with Crippen LogP contribution in [-0.4, -0.2) is 0 Å². The first-order chi connectivity index (χ1) is 28.8. The first-order valence-electron chi connectivity index (χ1n) is 20.1. The SMILES string of the molecule is c1ccc(-c2ccc(N(c3ccccc3)c3ccccc3-c3ccc4c(c3)C(c3ccccc3)(c3ccccc3)c3c-4c4ccccc4c4ccccc34)cc2)cc1. The average molecular weight is 738 g/mol. The Hall–Kier alpha value is -7.48. The molecule has 11 rings (SSSR count). The summed E-state index contributed by atoms with van der Waals surface area (Å²) >= 11 is 0. The van der Waals surface area contributed by atoms with Crippen LogP contribution in [0.2, 0.25) is 0 Å². The molecule has 1 heteroatoms. The number of rotatable bonds is 7. The molecule has 0 N–H and O–H groups in total. The second-order valence-electron chi connectivity index (χ2n) is 15.2. The van der Waals surface area contributed by atoms with E-state index in [0.29, 0.717) is 0 Å². The van der Waals surface area contributed by atoms with E-state index in [9.17, 15) is 0 Å². The minimum atomic E-state index is -0.575. The van der Waals surface area contributed by atoms with Crippen LogP contribution in [0, 0.1) is 0 Å². The highest BCUT2D eigenvalue weighted by molar-refractivity contribution is 6.19. The molecule has 0 saturated carbocycles. The van der Waals surface area contributed by atoms with Crippen molar-refractivity contribution in [3.63, 3.8) is 0 Å². The number of fused-ring (bicyclic) bond motifs is 8. The predicted molar refractivity (Wildman–Crippen MR) is 244 cm³/mol. The normalized spacial score (nSPS) is 12.6. The monoisotopic (exact) mass is 737 g/mol. The fourth-order valence-corrected chi connectivity index (χ4v) is 9.68. The van der Waals surface area contributed by atoms with E-state index in [1.165, 1.54) is 77.2 Å². The molecular weight excluding hydrogens is 699 g/mol. The van der Waals surface area contributed by atoms with Crippen LogP contribution in [0.15, 0.2) is 237 Å². The molecule has 0 atom stereocenters. The zero-order valence-electron chi connectivity index (χ0n) is 32.0. The largest absolute Gasteiger partial charge is 0.310 e. The van der Waals surface area contributed by atoms with Gasteiger partial charge in [-0.25, -0.2) is 0 Å². The highest BCUT2D eigenvalue weighted by Crippen LogP contribution is 2.61. The second-order valence-corrected chi connectivity index (χ2v) is 15.2. The van der Waals surface area contributed by atoms with Crippen LogP contribution in [0.25, 0.3) is 54.9 Å². The molecule has 0 radical (unpaired) electrons. The molecule has 0 unspecified atom stereocenters. The van der Waals surface area contributed by atoms with Gasteiger partial charge in [-0.1, -0.05) is 200 Å². The van der Waals surface area contributed by atoms with Crippen molar-refractivity contribution in [3.05, 3.63) is 259 Å². The lowest BCUT2D eigenvalue weighted by Gasteiger charge is -2.35. The van der Waals surface area contributed by atoms with Crippen LogP contribution in [0.4, 0.5) is 17.1 Å². The Morgan fingerprint density at radius 2 is 0.776 bits per heavy atom. The molecule has 0 aliphatic heterocycles. The summed E-state index contributed by atoms with van der Waals surface area (Å²) in [7, 11) is 0. The van der Waals surface area contributed by atoms with Crippen molar-refractivity contribution in [2.45, 2.75) is 5.41 Å². The highest BCUT2D eigenvalue weighted by Gasteiger charge is 2.48. The zero-order valence-corrected chi connectivity index (χ0v) is 32.0. The van der Waals surface area contributed by atoms with Gasteiger partial charge in [-0.3, -0.25) is 0 Å². The average Bonchev–Trinajstić information content (AvgIpc) is 3.62. The Kier molecular flexibility index (Phi) is 8.12. The van der Waals surface area contributed by atoms with Gasteiger partial charge in [0.25, 0.3) is 0 Å². The summed E-state index contributed by atoms with van der Waals surface area (Å²) in [6, 6.07) is 86.8. The summed E-state index contributed by atoms with van der Waals surface area (Å²) in [5.41, 5.74) is 15.3. The van der Waals surface area contributed by atoms with Gasteiger partial charge in [-0.2, -0.15) is 0 Å². The molecule has 1 nitrogen and oxygen atoms in total. The molecular formula is C57H39N. The summed E-state index contributed by atoms with van der Waals surface area (Å²) in [6.45, 7) is 0. The molecule has 0 bridgehead atoms. The van der Waals surface area contributed by atoms with E-state index in [4.69, 9.17) is 0 Å². The van der Waals surface area contributed by atoms with Crippen LogP contribution < -0.4 is 4.90 Å². The summed E-state index contributed by atoms with van der Waals surface area (Å²) in [6.07, 6.45) is 0. The lowest BCUT2D eigenvalue weighted by atomic mass is 9.66. The fourth-order valence-electron chi connectivity index (χ4n) is 9.68. The Labute approximate surface area is 339 Å². The standard InChI is InChI=1S/C57H39N/c1-5-19-40(20-6-1)41-33-36-46(37-34-41)58(45-25-11-4-12-26-45)54-32-18-17-27-47(54)42-35-38-52-53(39-42)57(43-21-7-2-8-22-43,44-23-9-3-10-24-44)56-51-31-16-14-29-49(51)48-28-13-15-30-50(48)55(52)56/h1-39H. The van der Waals surface area contributed by atoms with Gasteiger partial charge in [0, 0.05) is 16.9 Å². The van der Waals surface area contributed by atoms with Gasteiger partial charge in [0.05, 0.1) is 11.1 Å². The summed E-state index contributed by atoms with van der Waals surface area (Å²) in [5, 5.41) is 5.14. The van der Waals surface area contributed by atoms with Gasteiger partial charge in [0.2, 0.25) is 0 Å². The molecule has 0 spiro atoms. The van der Waals surface area contributed by atoms with Crippen molar-refractivity contribution < 1.29 is 0 Å². The molecule has 0 fully saturated rings. The van der Waals surface area contributed by atoms with Crippen LogP contribution in [0.5, 0.6) is 0 Å². The Balaban J connectivity index is 1.19. The number of hydrogen-bond donors (Lipinski definition) is 0. The van der Waals surface area contributed by atoms with E-state index in [-0.39, 0.29) is 0 Å². The number of hydrogen-bond acceptors (Lipinski definition) is 1. The molecule has 1 aliphatic rings. The lowest BCUT2D eigenvalue weighted by Crippen LogP contribution is -2.29. The quantitative estimate of drug-likeness (QED) is 0.147. The van der Waals surface area contributed by atoms with Crippen molar-refractivity contribution in [1.82, 2.24) is 0 Å².